The Morgan fingerprint density at radius 3 is 1.22 bits per heavy atom. The van der Waals surface area contributed by atoms with Crippen molar-refractivity contribution >= 4 is 16.0 Å². The van der Waals surface area contributed by atoms with Gasteiger partial charge in [-0.15, -0.1) is 0 Å². The lowest BCUT2D eigenvalue weighted by Crippen LogP contribution is -2.50. The predicted octanol–water partition coefficient (Wildman–Crippen LogP) is 14.2. The van der Waals surface area contributed by atoms with Crippen molar-refractivity contribution in [1.82, 2.24) is 5.32 Å². The molecule has 344 valence electrons. The number of unbranched alkanes of at least 4 members (excludes halogenated alkanes) is 27. The summed E-state index contributed by atoms with van der Waals surface area (Å²) < 4.78 is 32.7. The van der Waals surface area contributed by atoms with Crippen molar-refractivity contribution in [3.05, 3.63) is 60.8 Å². The van der Waals surface area contributed by atoms with E-state index in [2.05, 4.69) is 67.8 Å². The van der Waals surface area contributed by atoms with Crippen LogP contribution >= 0.6 is 0 Å². The number of hydrogen-bond donors (Lipinski definition) is 4. The van der Waals surface area contributed by atoms with Crippen molar-refractivity contribution in [3.63, 3.8) is 0 Å². The first-order valence-corrected chi connectivity index (χ1v) is 26.2. The number of rotatable bonds is 44. The molecule has 0 saturated carbocycles. The van der Waals surface area contributed by atoms with Gasteiger partial charge in [0.15, 0.2) is 0 Å². The third-order valence-corrected chi connectivity index (χ3v) is 11.8. The van der Waals surface area contributed by atoms with Crippen LogP contribution in [0.2, 0.25) is 0 Å². The standard InChI is InChI=1S/C51H93NO6S/c1-3-5-7-9-11-13-15-17-19-21-23-25-26-28-30-32-34-36-38-40-42-44-46-50(54)51(55)52-48(47-59(56,57)58)49(53)45-43-41-39-37-35-33-31-29-27-24-22-20-18-16-14-12-10-8-6-4-2/h23,25,27-30,35,37,43,45,48-50,53-54H,3-22,24,26,31-34,36,38-42,44,46-47H2,1-2H3,(H,52,55)(H,56,57,58)/b25-23-,29-27+,30-28-,37-35+,45-43+. The maximum atomic E-state index is 12.7. The van der Waals surface area contributed by atoms with Crippen molar-refractivity contribution < 1.29 is 28.0 Å². The van der Waals surface area contributed by atoms with Crippen LogP contribution in [0.1, 0.15) is 232 Å². The molecule has 59 heavy (non-hydrogen) atoms. The molecule has 0 aromatic carbocycles. The second-order valence-corrected chi connectivity index (χ2v) is 18.4. The number of allylic oxidation sites excluding steroid dienone is 9. The minimum atomic E-state index is -4.47. The van der Waals surface area contributed by atoms with E-state index in [1.54, 1.807) is 6.08 Å². The second kappa shape index (κ2) is 44.1. The Morgan fingerprint density at radius 2 is 0.814 bits per heavy atom. The molecule has 0 spiro atoms. The molecule has 0 rings (SSSR count). The average Bonchev–Trinajstić information content (AvgIpc) is 3.21. The van der Waals surface area contributed by atoms with E-state index in [0.29, 0.717) is 12.8 Å². The number of carbonyl (C=O) groups excluding carboxylic acids is 1. The smallest absolute Gasteiger partial charge is 0.267 e. The Kier molecular flexibility index (Phi) is 42.6. The summed E-state index contributed by atoms with van der Waals surface area (Å²) in [6, 6.07) is -1.26. The Bertz CT molecular complexity index is 1180. The average molecular weight is 848 g/mol. The summed E-state index contributed by atoms with van der Waals surface area (Å²) in [5, 5.41) is 23.5. The molecule has 0 aromatic heterocycles. The van der Waals surface area contributed by atoms with E-state index in [1.807, 2.05) is 0 Å². The third kappa shape index (κ3) is 43.9. The maximum Gasteiger partial charge on any atom is 0.267 e. The van der Waals surface area contributed by atoms with E-state index in [1.165, 1.54) is 134 Å². The fourth-order valence-corrected chi connectivity index (χ4v) is 7.96. The van der Waals surface area contributed by atoms with E-state index in [0.717, 1.165) is 70.6 Å². The first kappa shape index (κ1) is 57.0. The molecule has 0 fully saturated rings. The molecule has 0 aromatic rings. The van der Waals surface area contributed by atoms with Gasteiger partial charge in [-0.1, -0.05) is 216 Å². The lowest BCUT2D eigenvalue weighted by atomic mass is 10.0. The zero-order valence-corrected chi connectivity index (χ0v) is 39.0. The molecule has 0 aliphatic heterocycles. The Morgan fingerprint density at radius 1 is 0.475 bits per heavy atom. The Hall–Kier alpha value is -2.00. The highest BCUT2D eigenvalue weighted by molar-refractivity contribution is 7.85. The van der Waals surface area contributed by atoms with Crippen LogP contribution < -0.4 is 5.32 Å². The number of amides is 1. The molecule has 0 heterocycles. The molecule has 0 aliphatic rings. The summed E-state index contributed by atoms with van der Waals surface area (Å²) in [4.78, 5) is 12.7. The molecule has 4 N–H and O–H groups in total. The Balaban J connectivity index is 4.03. The number of hydrogen-bond acceptors (Lipinski definition) is 5. The van der Waals surface area contributed by atoms with Gasteiger partial charge in [-0.25, -0.2) is 0 Å². The fourth-order valence-electron chi connectivity index (χ4n) is 7.22. The molecule has 0 saturated heterocycles. The van der Waals surface area contributed by atoms with Crippen molar-refractivity contribution in [1.29, 1.82) is 0 Å². The van der Waals surface area contributed by atoms with Gasteiger partial charge in [-0.3, -0.25) is 9.35 Å². The first-order chi connectivity index (χ1) is 28.7. The fraction of sp³-hybridized carbons (Fsp3) is 0.784. The second-order valence-electron chi connectivity index (χ2n) is 16.9. The normalized spacial score (nSPS) is 14.2. The lowest BCUT2D eigenvalue weighted by Gasteiger charge is -2.22. The van der Waals surface area contributed by atoms with Gasteiger partial charge in [0.25, 0.3) is 10.1 Å². The summed E-state index contributed by atoms with van der Waals surface area (Å²) in [5.41, 5.74) is 0. The van der Waals surface area contributed by atoms with Gasteiger partial charge in [0.2, 0.25) is 5.91 Å². The summed E-state index contributed by atoms with van der Waals surface area (Å²) in [7, 11) is -4.47. The summed E-state index contributed by atoms with van der Waals surface area (Å²) in [6.45, 7) is 4.53. The first-order valence-electron chi connectivity index (χ1n) is 24.6. The molecule has 0 bridgehead atoms. The number of carbonyl (C=O) groups is 1. The molecular formula is C51H93NO6S. The number of aliphatic hydroxyl groups is 2. The van der Waals surface area contributed by atoms with E-state index >= 15 is 0 Å². The quantitative estimate of drug-likeness (QED) is 0.0275. The predicted molar refractivity (Wildman–Crippen MR) is 254 cm³/mol. The molecule has 3 unspecified atom stereocenters. The maximum absolute atomic E-state index is 12.7. The van der Waals surface area contributed by atoms with Crippen molar-refractivity contribution in [2.24, 2.45) is 0 Å². The highest BCUT2D eigenvalue weighted by atomic mass is 32.2. The van der Waals surface area contributed by atoms with Crippen molar-refractivity contribution in [2.45, 2.75) is 250 Å². The Labute approximate surface area is 364 Å². The van der Waals surface area contributed by atoms with Gasteiger partial charge >= 0.3 is 0 Å². The minimum absolute atomic E-state index is 0.257. The monoisotopic (exact) mass is 848 g/mol. The van der Waals surface area contributed by atoms with Gasteiger partial charge < -0.3 is 15.5 Å². The van der Waals surface area contributed by atoms with E-state index in [-0.39, 0.29) is 6.42 Å². The van der Waals surface area contributed by atoms with Crippen LogP contribution in [-0.2, 0) is 14.9 Å². The highest BCUT2D eigenvalue weighted by Crippen LogP contribution is 2.14. The van der Waals surface area contributed by atoms with Gasteiger partial charge in [-0.05, 0) is 77.0 Å². The van der Waals surface area contributed by atoms with Gasteiger partial charge in [-0.2, -0.15) is 8.42 Å². The van der Waals surface area contributed by atoms with Gasteiger partial charge in [0.1, 0.15) is 6.10 Å². The van der Waals surface area contributed by atoms with E-state index in [4.69, 9.17) is 0 Å². The molecule has 1 amide bonds. The summed E-state index contributed by atoms with van der Waals surface area (Å²) in [6.07, 6.45) is 58.6. The van der Waals surface area contributed by atoms with Crippen LogP contribution in [0.3, 0.4) is 0 Å². The van der Waals surface area contributed by atoms with Crippen molar-refractivity contribution in [3.8, 4) is 0 Å². The van der Waals surface area contributed by atoms with Gasteiger partial charge in [0.05, 0.1) is 17.9 Å². The molecular weight excluding hydrogens is 755 g/mol. The van der Waals surface area contributed by atoms with Crippen LogP contribution in [0.15, 0.2) is 60.8 Å². The lowest BCUT2D eigenvalue weighted by molar-refractivity contribution is -0.130. The van der Waals surface area contributed by atoms with Crippen LogP contribution in [0, 0.1) is 0 Å². The van der Waals surface area contributed by atoms with Gasteiger partial charge in [0, 0.05) is 0 Å². The van der Waals surface area contributed by atoms with Crippen LogP contribution in [0.25, 0.3) is 0 Å². The zero-order chi connectivity index (χ0) is 43.3. The largest absolute Gasteiger partial charge is 0.387 e. The van der Waals surface area contributed by atoms with Crippen molar-refractivity contribution in [2.75, 3.05) is 5.75 Å². The summed E-state index contributed by atoms with van der Waals surface area (Å²) in [5.74, 6) is -1.58. The highest BCUT2D eigenvalue weighted by Gasteiger charge is 2.27. The summed E-state index contributed by atoms with van der Waals surface area (Å²) >= 11 is 0. The number of nitrogens with one attached hydrogen (secondary N) is 1. The molecule has 7 nitrogen and oxygen atoms in total. The minimum Gasteiger partial charge on any atom is -0.387 e. The molecule has 8 heteroatoms. The van der Waals surface area contributed by atoms with E-state index in [9.17, 15) is 28.0 Å². The number of aliphatic hydroxyl groups excluding tert-OH is 2. The molecule has 3 atom stereocenters. The van der Waals surface area contributed by atoms with Crippen LogP contribution in [0.5, 0.6) is 0 Å². The SMILES string of the molecule is CCCCCCCCCCC/C=C\C/C=C\CCCCCCCCC(O)C(=O)NC(CS(=O)(=O)O)C(O)/C=C/CC/C=C/CC/C=C/CCCCCCCCCCCC. The van der Waals surface area contributed by atoms with E-state index < -0.39 is 40.0 Å². The molecule has 0 aliphatic carbocycles. The topological polar surface area (TPSA) is 124 Å². The molecule has 0 radical (unpaired) electrons. The van der Waals surface area contributed by atoms with Crippen LogP contribution in [-0.4, -0.2) is 53.1 Å². The zero-order valence-electron chi connectivity index (χ0n) is 38.2. The third-order valence-electron chi connectivity index (χ3n) is 11.0. The van der Waals surface area contributed by atoms with Crippen LogP contribution in [0.4, 0.5) is 0 Å².